The molecule has 0 unspecified atom stereocenters. The number of halogens is 4. The lowest BCUT2D eigenvalue weighted by molar-refractivity contribution is -0.137. The Hall–Kier alpha value is -3.38. The third-order valence-corrected chi connectivity index (χ3v) is 5.29. The highest BCUT2D eigenvalue weighted by Crippen LogP contribution is 2.40. The minimum absolute atomic E-state index is 0. The van der Waals surface area contributed by atoms with E-state index in [2.05, 4.69) is 9.97 Å². The molecule has 3 nitrogen and oxygen atoms in total. The van der Waals surface area contributed by atoms with Crippen LogP contribution in [0.15, 0.2) is 79.1 Å². The Morgan fingerprint density at radius 1 is 0.742 bits per heavy atom. The molecule has 0 spiro atoms. The topological polar surface area (TPSA) is 51.8 Å². The van der Waals surface area contributed by atoms with Crippen molar-refractivity contribution >= 4 is 34.2 Å². The number of alkyl halides is 3. The Balaban J connectivity index is 0.00000231. The maximum Gasteiger partial charge on any atom is 0.416 e. The number of hydrogen-bond donors (Lipinski definition) is 3. The van der Waals surface area contributed by atoms with Crippen LogP contribution in [0.4, 0.5) is 13.2 Å². The zero-order chi connectivity index (χ0) is 20.9. The van der Waals surface area contributed by atoms with E-state index in [1.807, 2.05) is 36.7 Å². The second kappa shape index (κ2) is 7.71. The van der Waals surface area contributed by atoms with Crippen LogP contribution >= 0.6 is 12.4 Å². The van der Waals surface area contributed by atoms with Gasteiger partial charge in [-0.2, -0.15) is 13.2 Å². The fourth-order valence-electron chi connectivity index (χ4n) is 3.88. The number of benzene rings is 3. The van der Waals surface area contributed by atoms with Gasteiger partial charge in [-0.05, 0) is 47.0 Å². The van der Waals surface area contributed by atoms with Crippen molar-refractivity contribution in [3.63, 3.8) is 0 Å². The first kappa shape index (κ1) is 20.9. The third-order valence-electron chi connectivity index (χ3n) is 5.29. The third kappa shape index (κ3) is 3.64. The number of fused-ring (bicyclic) bond motifs is 2. The van der Waals surface area contributed by atoms with Gasteiger partial charge >= 0.3 is 6.18 Å². The first-order chi connectivity index (χ1) is 14.4. The number of phenols is 1. The quantitative estimate of drug-likeness (QED) is 0.283. The average Bonchev–Trinajstić information content (AvgIpc) is 3.33. The highest BCUT2D eigenvalue weighted by atomic mass is 35.5. The van der Waals surface area contributed by atoms with Crippen LogP contribution in [0.2, 0.25) is 0 Å². The summed E-state index contributed by atoms with van der Waals surface area (Å²) in [6, 6.07) is 18.0. The molecule has 0 saturated carbocycles. The number of aromatic nitrogens is 2. The van der Waals surface area contributed by atoms with Gasteiger partial charge < -0.3 is 15.1 Å². The lowest BCUT2D eigenvalue weighted by Crippen LogP contribution is -2.07. The molecule has 1 radical (unpaired) electrons. The van der Waals surface area contributed by atoms with Crippen LogP contribution in [-0.2, 0) is 6.18 Å². The molecule has 0 aliphatic carbocycles. The van der Waals surface area contributed by atoms with Gasteiger partial charge in [0.25, 0.3) is 0 Å². The predicted octanol–water partition coefficient (Wildman–Crippen LogP) is 6.81. The molecule has 2 heterocycles. The number of rotatable bonds is 3. The molecule has 0 saturated heterocycles. The minimum atomic E-state index is -4.39. The molecule has 0 amide bonds. The Morgan fingerprint density at radius 3 is 2.03 bits per heavy atom. The van der Waals surface area contributed by atoms with Gasteiger partial charge in [-0.1, -0.05) is 30.3 Å². The summed E-state index contributed by atoms with van der Waals surface area (Å²) in [5.41, 5.74) is 3.40. The Labute approximate surface area is 182 Å². The van der Waals surface area contributed by atoms with Crippen LogP contribution < -0.4 is 0 Å². The first-order valence-corrected chi connectivity index (χ1v) is 9.33. The summed E-state index contributed by atoms with van der Waals surface area (Å²) >= 11 is 0. The van der Waals surface area contributed by atoms with Gasteiger partial charge in [0.2, 0.25) is 0 Å². The maximum absolute atomic E-state index is 13.1. The number of aromatic amines is 2. The van der Waals surface area contributed by atoms with E-state index in [9.17, 15) is 18.3 Å². The Kier molecular flexibility index (Phi) is 5.19. The summed E-state index contributed by atoms with van der Waals surface area (Å²) in [5.74, 6) is 0.942. The highest BCUT2D eigenvalue weighted by Gasteiger charge is 2.31. The second-order valence-corrected chi connectivity index (χ2v) is 7.13. The zero-order valence-electron chi connectivity index (χ0n) is 16.0. The van der Waals surface area contributed by atoms with Crippen molar-refractivity contribution < 1.29 is 18.3 Å². The number of aromatic hydroxyl groups is 1. The van der Waals surface area contributed by atoms with Crippen molar-refractivity contribution in [1.82, 2.24) is 9.97 Å². The van der Waals surface area contributed by atoms with Gasteiger partial charge in [-0.25, -0.2) is 0 Å². The molecule has 3 N–H and O–H groups in total. The van der Waals surface area contributed by atoms with Crippen LogP contribution in [0.1, 0.15) is 22.3 Å². The van der Waals surface area contributed by atoms with Gasteiger partial charge in [-0.3, -0.25) is 0 Å². The molecule has 157 valence electrons. The first-order valence-electron chi connectivity index (χ1n) is 9.33. The molecule has 5 aromatic rings. The highest BCUT2D eigenvalue weighted by molar-refractivity contribution is 5.93. The summed E-state index contributed by atoms with van der Waals surface area (Å²) in [5, 5.41) is 11.6. The molecule has 5 rings (SSSR count). The molecule has 0 aliphatic heterocycles. The lowest BCUT2D eigenvalue weighted by atomic mass is 9.84. The van der Waals surface area contributed by atoms with Crippen LogP contribution in [-0.4, -0.2) is 15.1 Å². The summed E-state index contributed by atoms with van der Waals surface area (Å²) in [6.45, 7) is 0. The molecule has 0 atom stereocenters. The molecular weight excluding hydrogens is 425 g/mol. The fraction of sp³-hybridized carbons (Fsp3) is 0.0417. The lowest BCUT2D eigenvalue weighted by Gasteiger charge is -2.17. The van der Waals surface area contributed by atoms with Crippen LogP contribution in [0.5, 0.6) is 5.75 Å². The van der Waals surface area contributed by atoms with Gasteiger partial charge in [0.05, 0.1) is 11.5 Å². The summed E-state index contributed by atoms with van der Waals surface area (Å²) in [7, 11) is 0. The standard InChI is InChI=1S/C24H16F3N2O.ClH/c25-24(26,27)15-7-5-14(6-8-15)23(19-12-28-21-4-2-1-3-17(19)21)20-13-29-22-11-16(30)9-10-18(20)22;/h1-13,28-30H;1H. The van der Waals surface area contributed by atoms with Gasteiger partial charge in [-0.15, -0.1) is 12.4 Å². The van der Waals surface area contributed by atoms with E-state index in [-0.39, 0.29) is 18.2 Å². The number of nitrogens with one attached hydrogen (secondary N) is 2. The van der Waals surface area contributed by atoms with Gasteiger partial charge in [0, 0.05) is 40.3 Å². The van der Waals surface area contributed by atoms with Crippen molar-refractivity contribution in [2.45, 2.75) is 6.18 Å². The molecular formula is C24H17ClF3N2O. The Bertz CT molecular complexity index is 1350. The molecule has 2 aromatic heterocycles. The van der Waals surface area contributed by atoms with Gasteiger partial charge in [0.1, 0.15) is 5.75 Å². The van der Waals surface area contributed by atoms with E-state index in [0.29, 0.717) is 5.56 Å². The van der Waals surface area contributed by atoms with Crippen molar-refractivity contribution in [3.8, 4) is 5.75 Å². The second-order valence-electron chi connectivity index (χ2n) is 7.13. The van der Waals surface area contributed by atoms with E-state index >= 15 is 0 Å². The van der Waals surface area contributed by atoms with Crippen LogP contribution in [0.3, 0.4) is 0 Å². The molecule has 0 aliphatic rings. The Morgan fingerprint density at radius 2 is 1.35 bits per heavy atom. The van der Waals surface area contributed by atoms with E-state index in [1.165, 1.54) is 12.1 Å². The van der Waals surface area contributed by atoms with E-state index in [0.717, 1.165) is 51.0 Å². The molecule has 0 fully saturated rings. The summed E-state index contributed by atoms with van der Waals surface area (Å²) in [6.07, 6.45) is -0.701. The van der Waals surface area contributed by atoms with E-state index < -0.39 is 11.7 Å². The fourth-order valence-corrected chi connectivity index (χ4v) is 3.88. The smallest absolute Gasteiger partial charge is 0.416 e. The monoisotopic (exact) mass is 441 g/mol. The normalized spacial score (nSPS) is 11.9. The number of para-hydroxylation sites is 1. The van der Waals surface area contributed by atoms with Gasteiger partial charge in [0.15, 0.2) is 0 Å². The number of phenolic OH excluding ortho intramolecular Hbond substituents is 1. The number of H-pyrrole nitrogens is 2. The number of hydrogen-bond acceptors (Lipinski definition) is 1. The van der Waals surface area contributed by atoms with Crippen molar-refractivity contribution in [2.75, 3.05) is 0 Å². The van der Waals surface area contributed by atoms with Crippen LogP contribution in [0.25, 0.3) is 21.8 Å². The zero-order valence-corrected chi connectivity index (χ0v) is 16.8. The molecule has 0 bridgehead atoms. The minimum Gasteiger partial charge on any atom is -0.508 e. The van der Waals surface area contributed by atoms with Crippen molar-refractivity contribution in [1.29, 1.82) is 0 Å². The predicted molar refractivity (Wildman–Crippen MR) is 118 cm³/mol. The van der Waals surface area contributed by atoms with Crippen LogP contribution in [0, 0.1) is 5.92 Å². The van der Waals surface area contributed by atoms with Crippen molar-refractivity contribution in [2.24, 2.45) is 0 Å². The van der Waals surface area contributed by atoms with Crippen molar-refractivity contribution in [3.05, 3.63) is 107 Å². The maximum atomic E-state index is 13.1. The summed E-state index contributed by atoms with van der Waals surface area (Å²) < 4.78 is 39.2. The van der Waals surface area contributed by atoms with E-state index in [1.54, 1.807) is 18.2 Å². The molecule has 3 aromatic carbocycles. The largest absolute Gasteiger partial charge is 0.508 e. The molecule has 7 heteroatoms. The average molecular weight is 442 g/mol. The summed E-state index contributed by atoms with van der Waals surface area (Å²) in [4.78, 5) is 6.40. The van der Waals surface area contributed by atoms with E-state index in [4.69, 9.17) is 0 Å². The SMILES string of the molecule is Cl.Oc1ccc2c([C](c3ccc(C(F)(F)F)cc3)c3c[nH]c4ccccc34)c[nH]c2c1. The molecule has 31 heavy (non-hydrogen) atoms.